The van der Waals surface area contributed by atoms with Gasteiger partial charge in [0.05, 0.1) is 43.1 Å². The van der Waals surface area contributed by atoms with Crippen LogP contribution in [0.5, 0.6) is 11.5 Å². The molecule has 0 spiro atoms. The molecule has 2 amide bonds. The third-order valence-electron chi connectivity index (χ3n) is 9.75. The molecule has 2 saturated heterocycles. The Morgan fingerprint density at radius 1 is 1.15 bits per heavy atom. The number of thiazole rings is 1. The van der Waals surface area contributed by atoms with Crippen LogP contribution in [0, 0.1) is 0 Å². The molecule has 3 aliphatic heterocycles. The topological polar surface area (TPSA) is 273 Å². The van der Waals surface area contributed by atoms with E-state index < -0.39 is 59.4 Å². The molecule has 6 rings (SSSR count). The quantitative estimate of drug-likeness (QED) is 0.0328. The summed E-state index contributed by atoms with van der Waals surface area (Å²) in [6, 6.07) is 1.60. The van der Waals surface area contributed by atoms with Gasteiger partial charge >= 0.3 is 17.9 Å². The van der Waals surface area contributed by atoms with Crippen LogP contribution in [0.25, 0.3) is 10.9 Å². The number of hydrogen-bond acceptors (Lipinski definition) is 15. The fraction of sp³-hybridized carbons (Fsp3) is 0.412. The Hall–Kier alpha value is -5.67. The Morgan fingerprint density at radius 3 is 2.49 bits per heavy atom. The van der Waals surface area contributed by atoms with Crippen molar-refractivity contribution in [3.05, 3.63) is 56.5 Å². The number of oxime groups is 1. The maximum atomic E-state index is 13.8. The smallest absolute Gasteiger partial charge is 0.355 e. The van der Waals surface area contributed by atoms with E-state index in [1.165, 1.54) is 41.3 Å². The molecule has 0 aliphatic carbocycles. The number of carbonyl (C=O) groups is 5. The molecule has 0 bridgehead atoms. The molecule has 2 fully saturated rings. The third kappa shape index (κ3) is 7.54. The van der Waals surface area contributed by atoms with Crippen molar-refractivity contribution in [2.75, 3.05) is 38.2 Å². The van der Waals surface area contributed by atoms with Crippen LogP contribution >= 0.6 is 23.1 Å². The molecule has 2 aromatic heterocycles. The number of aryl methyl sites for hydroxylation is 1. The molecule has 5 heterocycles. The van der Waals surface area contributed by atoms with E-state index in [0.29, 0.717) is 48.3 Å². The standard InChI is InChI=1S/C34H37N7O12S2/c1-3-39-11-16(27(45)18-6-7-20(42)28(46)26(18)39)12-41(8-4-5-9-41)13-17-14-54-31-24(30(48)40(31)25(17)33(51)52-2)37-29(47)23(19-15-55-34(35)36-19)38-53-21(32(49)50)10-22(43)44/h6-7,11,15,21,24,31H,3-5,8-10,12-14H2,1-2H3,(H6-,35,36,37,38,42,43,44,45,46,47,49,50)/p+1/t21-,24+,31+/m0/s1. The number of fused-ring (bicyclic) bond motifs is 2. The zero-order valence-electron chi connectivity index (χ0n) is 29.6. The number of nitrogens with two attached hydrogens (primary N) is 1. The van der Waals surface area contributed by atoms with E-state index in [9.17, 15) is 44.1 Å². The fourth-order valence-corrected chi connectivity index (χ4v) is 9.06. The predicted octanol–water partition coefficient (Wildman–Crippen LogP) is 0.758. The Morgan fingerprint density at radius 2 is 1.87 bits per heavy atom. The molecule has 0 saturated carbocycles. The first-order valence-corrected chi connectivity index (χ1v) is 19.0. The summed E-state index contributed by atoms with van der Waals surface area (Å²) in [5.74, 6) is -5.94. The number of nitrogens with zero attached hydrogens (tertiary/aromatic N) is 5. The number of benzene rings is 1. The number of rotatable bonds is 14. The minimum absolute atomic E-state index is 0.0403. The minimum Gasteiger partial charge on any atom is -0.504 e. The molecule has 1 aromatic carbocycles. The number of aromatic hydroxyl groups is 2. The van der Waals surface area contributed by atoms with Gasteiger partial charge in [-0.2, -0.15) is 0 Å². The molecular weight excluding hydrogens is 763 g/mol. The number of methoxy groups -OCH3 is 1. The molecule has 3 aliphatic rings. The normalized spacial score (nSPS) is 19.8. The summed E-state index contributed by atoms with van der Waals surface area (Å²) < 4.78 is 7.26. The Kier molecular flexibility index (Phi) is 11.1. The Labute approximate surface area is 320 Å². The van der Waals surface area contributed by atoms with Crippen LogP contribution in [-0.2, 0) is 46.6 Å². The highest BCUT2D eigenvalue weighted by molar-refractivity contribution is 8.00. The summed E-state index contributed by atoms with van der Waals surface area (Å²) >= 11 is 2.24. The highest BCUT2D eigenvalue weighted by Crippen LogP contribution is 2.42. The van der Waals surface area contributed by atoms with Crippen LogP contribution in [0.15, 0.2) is 44.9 Å². The first-order valence-electron chi connectivity index (χ1n) is 17.1. The van der Waals surface area contributed by atoms with Gasteiger partial charge in [-0.3, -0.25) is 24.1 Å². The molecule has 7 N–H and O–H groups in total. The lowest BCUT2D eigenvalue weighted by atomic mass is 10.0. The number of phenolic OH excluding ortho intramolecular Hbond substituents is 2. The van der Waals surface area contributed by atoms with Crippen LogP contribution in [0.3, 0.4) is 0 Å². The van der Waals surface area contributed by atoms with E-state index >= 15 is 0 Å². The number of hydrogen-bond donors (Lipinski definition) is 6. The summed E-state index contributed by atoms with van der Waals surface area (Å²) in [6.07, 6.45) is 0.516. The van der Waals surface area contributed by atoms with Gasteiger partial charge in [-0.1, -0.05) is 5.16 Å². The number of carbonyl (C=O) groups excluding carboxylic acids is 3. The second-order valence-corrected chi connectivity index (χ2v) is 15.3. The first-order chi connectivity index (χ1) is 26.2. The number of carboxylic acid groups (broad SMARTS) is 2. The third-order valence-corrected chi connectivity index (χ3v) is 11.8. The van der Waals surface area contributed by atoms with Gasteiger partial charge in [-0.05, 0) is 19.1 Å². The maximum Gasteiger partial charge on any atom is 0.355 e. The van der Waals surface area contributed by atoms with Crippen molar-refractivity contribution < 1.29 is 58.5 Å². The van der Waals surface area contributed by atoms with E-state index in [4.69, 9.17) is 20.4 Å². The summed E-state index contributed by atoms with van der Waals surface area (Å²) in [5.41, 5.74) is 6.17. The monoisotopic (exact) mass is 800 g/mol. The molecular formula is C34H38N7O12S2+. The Balaban J connectivity index is 1.27. The zero-order valence-corrected chi connectivity index (χ0v) is 31.2. The maximum absolute atomic E-state index is 13.8. The van der Waals surface area contributed by atoms with E-state index in [-0.39, 0.29) is 50.1 Å². The second-order valence-electron chi connectivity index (χ2n) is 13.3. The number of carboxylic acids is 2. The number of likely N-dealkylation sites (tertiary alicyclic amines) is 1. The number of nitrogen functional groups attached to an aromatic ring is 1. The molecule has 21 heteroatoms. The van der Waals surface area contributed by atoms with E-state index in [0.717, 1.165) is 24.2 Å². The number of aromatic nitrogens is 2. The lowest BCUT2D eigenvalue weighted by Crippen LogP contribution is -2.71. The van der Waals surface area contributed by atoms with Crippen LogP contribution < -0.4 is 16.5 Å². The van der Waals surface area contributed by atoms with E-state index in [1.807, 2.05) is 6.92 Å². The number of ether oxygens (including phenoxy) is 1. The van der Waals surface area contributed by atoms with Crippen LogP contribution in [0.1, 0.15) is 37.4 Å². The van der Waals surface area contributed by atoms with Crippen LogP contribution in [-0.4, -0.2) is 125 Å². The van der Waals surface area contributed by atoms with Crippen molar-refractivity contribution in [1.29, 1.82) is 0 Å². The number of esters is 1. The van der Waals surface area contributed by atoms with Crippen molar-refractivity contribution >= 4 is 74.6 Å². The van der Waals surface area contributed by atoms with Gasteiger partial charge in [0.25, 0.3) is 11.8 Å². The molecule has 3 aromatic rings. The minimum atomic E-state index is -1.93. The van der Waals surface area contributed by atoms with E-state index in [1.54, 1.807) is 10.8 Å². The largest absolute Gasteiger partial charge is 0.504 e. The van der Waals surface area contributed by atoms with Gasteiger partial charge in [-0.15, -0.1) is 23.1 Å². The SMILES string of the molecule is CCn1cc(C[N+]2(CC3=C(C(=O)OC)N4C(=O)[C@@H](NC(=O)/C(=N\O[C@@H](CC(=O)O)C(=O)O)c5csc(N)n5)[C@H]4SC3)CCCC2)c(=O)c2ccc(O)c(O)c21. The number of amides is 2. The molecule has 0 unspecified atom stereocenters. The molecule has 3 atom stereocenters. The summed E-state index contributed by atoms with van der Waals surface area (Å²) in [7, 11) is 1.19. The van der Waals surface area contributed by atoms with Gasteiger partial charge in [0, 0.05) is 42.3 Å². The summed E-state index contributed by atoms with van der Waals surface area (Å²) in [4.78, 5) is 87.4. The number of quaternary nitrogens is 1. The van der Waals surface area contributed by atoms with Crippen molar-refractivity contribution in [2.24, 2.45) is 5.16 Å². The molecule has 19 nitrogen and oxygen atoms in total. The van der Waals surface area contributed by atoms with Crippen molar-refractivity contribution in [3.8, 4) is 11.5 Å². The number of β-lactam (4-membered cyclic amide) rings is 1. The number of nitrogens with one attached hydrogen (secondary N) is 1. The lowest BCUT2D eigenvalue weighted by Gasteiger charge is -2.50. The average molecular weight is 801 g/mol. The van der Waals surface area contributed by atoms with Crippen LogP contribution in [0.4, 0.5) is 5.13 Å². The highest BCUT2D eigenvalue weighted by Gasteiger charge is 2.55. The number of phenols is 2. The zero-order chi connectivity index (χ0) is 39.8. The summed E-state index contributed by atoms with van der Waals surface area (Å²) in [5, 5.41) is 46.2. The molecule has 0 radical (unpaired) electrons. The van der Waals surface area contributed by atoms with Gasteiger partial charge in [0.1, 0.15) is 35.9 Å². The first kappa shape index (κ1) is 39.0. The fourth-order valence-electron chi connectivity index (χ4n) is 7.18. The summed E-state index contributed by atoms with van der Waals surface area (Å²) in [6.45, 7) is 4.25. The van der Waals surface area contributed by atoms with Crippen molar-refractivity contribution in [1.82, 2.24) is 19.8 Å². The Bertz CT molecular complexity index is 2210. The average Bonchev–Trinajstić information content (AvgIpc) is 3.80. The van der Waals surface area contributed by atoms with Gasteiger partial charge < -0.3 is 50.1 Å². The highest BCUT2D eigenvalue weighted by atomic mass is 32.2. The van der Waals surface area contributed by atoms with Crippen LogP contribution in [0.2, 0.25) is 0 Å². The molecule has 55 heavy (non-hydrogen) atoms. The van der Waals surface area contributed by atoms with Gasteiger partial charge in [0.2, 0.25) is 6.10 Å². The number of anilines is 1. The predicted molar refractivity (Wildman–Crippen MR) is 197 cm³/mol. The van der Waals surface area contributed by atoms with Gasteiger partial charge in [0.15, 0.2) is 27.8 Å². The number of thioether (sulfide) groups is 1. The molecule has 292 valence electrons. The number of pyridine rings is 1. The van der Waals surface area contributed by atoms with Crippen molar-refractivity contribution in [2.45, 2.75) is 56.8 Å². The second kappa shape index (κ2) is 15.6. The van der Waals surface area contributed by atoms with Crippen molar-refractivity contribution in [3.63, 3.8) is 0 Å². The van der Waals surface area contributed by atoms with E-state index in [2.05, 4.69) is 15.5 Å². The van der Waals surface area contributed by atoms with Gasteiger partial charge in [-0.25, -0.2) is 14.6 Å². The number of aliphatic carboxylic acids is 2. The lowest BCUT2D eigenvalue weighted by molar-refractivity contribution is -0.925.